The van der Waals surface area contributed by atoms with Crippen LogP contribution in [0.4, 0.5) is 0 Å². The topological polar surface area (TPSA) is 43.4 Å². The van der Waals surface area contributed by atoms with E-state index in [2.05, 4.69) is 4.74 Å². The van der Waals surface area contributed by atoms with Gasteiger partial charge in [0.1, 0.15) is 0 Å². The Hall–Kier alpha value is 0.672. The van der Waals surface area contributed by atoms with Crippen molar-refractivity contribution in [3.05, 3.63) is 0 Å². The van der Waals surface area contributed by atoms with Crippen LogP contribution in [0.25, 0.3) is 0 Å². The zero-order chi connectivity index (χ0) is 5.86. The molecule has 0 aliphatic rings. The van der Waals surface area contributed by atoms with Crippen LogP contribution in [-0.4, -0.2) is 58.0 Å². The van der Waals surface area contributed by atoms with E-state index in [4.69, 9.17) is 0 Å². The van der Waals surface area contributed by atoms with Gasteiger partial charge in [-0.3, -0.25) is 9.59 Å². The molecule has 0 aromatic rings. The maximum atomic E-state index is 9.81. The van der Waals surface area contributed by atoms with Crippen LogP contribution in [-0.2, 0) is 14.3 Å². The number of carbonyl (C=O) groups is 2. The van der Waals surface area contributed by atoms with Crippen molar-refractivity contribution in [2.75, 3.05) is 0 Å². The molecule has 0 amide bonds. The third-order valence-corrected chi connectivity index (χ3v) is 0.287. The van der Waals surface area contributed by atoms with E-state index in [-0.39, 0.29) is 51.8 Å². The van der Waals surface area contributed by atoms with Crippen LogP contribution in [0.5, 0.6) is 0 Å². The standard InChI is InChI=1S/C4H6O3.2Mg.4H/c1-3(5)7-4(2)6;;;;;;/h1-2H3;;;;;;/q;2*+2;4*-1. The molecule has 0 aromatic heterocycles. The molecule has 0 saturated carbocycles. The van der Waals surface area contributed by atoms with Crippen LogP contribution in [0.3, 0.4) is 0 Å². The normalized spacial score (nSPS) is 6.00. The maximum absolute atomic E-state index is 9.81. The molecule has 0 spiro atoms. The van der Waals surface area contributed by atoms with Gasteiger partial charge in [-0.15, -0.1) is 0 Å². The Bertz CT molecular complexity index is 102. The van der Waals surface area contributed by atoms with Gasteiger partial charge in [-0.05, 0) is 0 Å². The van der Waals surface area contributed by atoms with E-state index in [1.165, 1.54) is 13.8 Å². The summed E-state index contributed by atoms with van der Waals surface area (Å²) in [6.45, 7) is 2.36. The van der Waals surface area contributed by atoms with Gasteiger partial charge in [0, 0.05) is 13.8 Å². The molecule has 0 atom stereocenters. The number of carbonyl (C=O) groups excluding carboxylic acids is 2. The van der Waals surface area contributed by atoms with Gasteiger partial charge in [-0.25, -0.2) is 0 Å². The number of ether oxygens (including phenoxy) is 1. The summed E-state index contributed by atoms with van der Waals surface area (Å²) in [5.74, 6) is -1.12. The molecule has 0 aromatic carbocycles. The molecule has 0 N–H and O–H groups in total. The minimum Gasteiger partial charge on any atom is -1.00 e. The Balaban J connectivity index is -0.0000000120. The second kappa shape index (κ2) is 8.67. The van der Waals surface area contributed by atoms with Crippen LogP contribution in [0.1, 0.15) is 19.6 Å². The molecule has 0 aliphatic carbocycles. The van der Waals surface area contributed by atoms with Crippen LogP contribution < -0.4 is 0 Å². The molecule has 5 heteroatoms. The van der Waals surface area contributed by atoms with Gasteiger partial charge in [0.05, 0.1) is 0 Å². The van der Waals surface area contributed by atoms with E-state index in [0.717, 1.165) is 0 Å². The first-order chi connectivity index (χ1) is 3.13. The van der Waals surface area contributed by atoms with Crippen LogP contribution in [0.2, 0.25) is 0 Å². The van der Waals surface area contributed by atoms with Crippen molar-refractivity contribution in [2.24, 2.45) is 0 Å². The molecule has 0 saturated heterocycles. The number of hydrogen-bond donors (Lipinski definition) is 0. The fourth-order valence-electron chi connectivity index (χ4n) is 0.202. The maximum Gasteiger partial charge on any atom is 2.00 e. The molecule has 0 unspecified atom stereocenters. The van der Waals surface area contributed by atoms with E-state index >= 15 is 0 Å². The first-order valence-electron chi connectivity index (χ1n) is 1.82. The van der Waals surface area contributed by atoms with E-state index in [0.29, 0.717) is 0 Å². The zero-order valence-corrected chi connectivity index (χ0v) is 8.47. The molecule has 3 nitrogen and oxygen atoms in total. The van der Waals surface area contributed by atoms with E-state index in [1.54, 1.807) is 0 Å². The smallest absolute Gasteiger partial charge is 1.00 e. The molecule has 48 valence electrons. The zero-order valence-electron chi connectivity index (χ0n) is 9.64. The van der Waals surface area contributed by atoms with Crippen LogP contribution in [0, 0.1) is 0 Å². The predicted octanol–water partition coefficient (Wildman–Crippen LogP) is -0.216. The van der Waals surface area contributed by atoms with Gasteiger partial charge >= 0.3 is 58.0 Å². The molecule has 0 bridgehead atoms. The second-order valence-electron chi connectivity index (χ2n) is 1.09. The predicted molar refractivity (Wildman–Crippen MR) is 38.4 cm³/mol. The van der Waals surface area contributed by atoms with Crippen molar-refractivity contribution in [1.29, 1.82) is 0 Å². The Morgan fingerprint density at radius 1 is 1.11 bits per heavy atom. The van der Waals surface area contributed by atoms with Crippen LogP contribution >= 0.6 is 0 Å². The van der Waals surface area contributed by atoms with Crippen molar-refractivity contribution in [3.8, 4) is 0 Å². The van der Waals surface area contributed by atoms with Crippen LogP contribution in [0.15, 0.2) is 0 Å². The molecule has 9 heavy (non-hydrogen) atoms. The third-order valence-electron chi connectivity index (χ3n) is 0.287. The monoisotopic (exact) mass is 154 g/mol. The summed E-state index contributed by atoms with van der Waals surface area (Å²) >= 11 is 0. The quantitative estimate of drug-likeness (QED) is 0.276. The van der Waals surface area contributed by atoms with Crippen molar-refractivity contribution in [1.82, 2.24) is 0 Å². The summed E-state index contributed by atoms with van der Waals surface area (Å²) < 4.78 is 3.97. The van der Waals surface area contributed by atoms with Crippen molar-refractivity contribution in [2.45, 2.75) is 13.8 Å². The van der Waals surface area contributed by atoms with E-state index in [1.807, 2.05) is 0 Å². The van der Waals surface area contributed by atoms with Crippen molar-refractivity contribution < 1.29 is 20.0 Å². The third kappa shape index (κ3) is 17.7. The van der Waals surface area contributed by atoms with Gasteiger partial charge < -0.3 is 10.4 Å². The van der Waals surface area contributed by atoms with Crippen molar-refractivity contribution >= 4 is 58.0 Å². The molecular formula is C4H10Mg2O3. The SMILES string of the molecule is CC(=O)OC(C)=O.[H-].[H-].[H-].[H-].[Mg+2].[Mg+2]. The summed E-state index contributed by atoms with van der Waals surface area (Å²) in [4.78, 5) is 19.6. The summed E-state index contributed by atoms with van der Waals surface area (Å²) in [6, 6.07) is 0. The first kappa shape index (κ1) is 16.3. The average molecular weight is 155 g/mol. The largest absolute Gasteiger partial charge is 2.00 e. The Morgan fingerprint density at radius 2 is 1.33 bits per heavy atom. The Morgan fingerprint density at radius 3 is 1.33 bits per heavy atom. The fourth-order valence-corrected chi connectivity index (χ4v) is 0.202. The summed E-state index contributed by atoms with van der Waals surface area (Å²) in [5, 5.41) is 0. The first-order valence-corrected chi connectivity index (χ1v) is 1.82. The molecule has 0 rings (SSSR count). The van der Waals surface area contributed by atoms with E-state index in [9.17, 15) is 9.59 Å². The van der Waals surface area contributed by atoms with Gasteiger partial charge in [-0.2, -0.15) is 0 Å². The molecular weight excluding hydrogens is 145 g/mol. The summed E-state index contributed by atoms with van der Waals surface area (Å²) in [6.07, 6.45) is 0. The number of hydrogen-bond acceptors (Lipinski definition) is 3. The molecule has 0 aliphatic heterocycles. The Kier molecular flexibility index (Phi) is 15.7. The fraction of sp³-hybridized carbons (Fsp3) is 0.500. The van der Waals surface area contributed by atoms with Gasteiger partial charge in [0.2, 0.25) is 0 Å². The number of esters is 2. The summed E-state index contributed by atoms with van der Waals surface area (Å²) in [5.41, 5.74) is 0. The average Bonchev–Trinajstić information content (AvgIpc) is 1.27. The Labute approximate surface area is 91.7 Å². The second-order valence-corrected chi connectivity index (χ2v) is 1.09. The van der Waals surface area contributed by atoms with E-state index < -0.39 is 11.9 Å². The molecule has 0 heterocycles. The molecule has 0 radical (unpaired) electrons. The van der Waals surface area contributed by atoms with Gasteiger partial charge in [0.25, 0.3) is 0 Å². The van der Waals surface area contributed by atoms with Gasteiger partial charge in [0.15, 0.2) is 0 Å². The number of rotatable bonds is 0. The summed E-state index contributed by atoms with van der Waals surface area (Å²) in [7, 11) is 0. The minimum absolute atomic E-state index is 0. The molecule has 0 fully saturated rings. The minimum atomic E-state index is -0.562. The van der Waals surface area contributed by atoms with Crippen molar-refractivity contribution in [3.63, 3.8) is 0 Å². The van der Waals surface area contributed by atoms with Gasteiger partial charge in [-0.1, -0.05) is 0 Å².